The molecule has 2 aromatic rings. The number of hydrogen-bond donors (Lipinski definition) is 2. The van der Waals surface area contributed by atoms with Gasteiger partial charge in [-0.15, -0.1) is 0 Å². The Bertz CT molecular complexity index is 776. The number of carbonyl (C=O) groups excluding carboxylic acids is 1. The van der Waals surface area contributed by atoms with Crippen molar-refractivity contribution in [2.45, 2.75) is 6.92 Å². The molecule has 0 bridgehead atoms. The third-order valence-corrected chi connectivity index (χ3v) is 4.92. The lowest BCUT2D eigenvalue weighted by Crippen LogP contribution is -2.48. The molecule has 3 rings (SSSR count). The van der Waals surface area contributed by atoms with Crippen LogP contribution >= 0.6 is 11.6 Å². The number of urea groups is 1. The molecule has 0 spiro atoms. The number of aryl methyl sites for hydroxylation is 1. The maximum Gasteiger partial charge on any atom is 0.319 e. The lowest BCUT2D eigenvalue weighted by atomic mass is 10.1. The molecule has 0 radical (unpaired) electrons. The van der Waals surface area contributed by atoms with Gasteiger partial charge < -0.3 is 15.5 Å². The summed E-state index contributed by atoms with van der Waals surface area (Å²) in [4.78, 5) is 16.6. The smallest absolute Gasteiger partial charge is 0.319 e. The van der Waals surface area contributed by atoms with Gasteiger partial charge in [0.15, 0.2) is 0 Å². The van der Waals surface area contributed by atoms with Gasteiger partial charge in [0, 0.05) is 55.7 Å². The van der Waals surface area contributed by atoms with Crippen LogP contribution in [0.1, 0.15) is 5.56 Å². The molecule has 1 heterocycles. The minimum atomic E-state index is -0.325. The molecule has 1 fully saturated rings. The van der Waals surface area contributed by atoms with Crippen molar-refractivity contribution in [3.8, 4) is 0 Å². The van der Waals surface area contributed by atoms with E-state index >= 15 is 0 Å². The van der Waals surface area contributed by atoms with Gasteiger partial charge in [-0.2, -0.15) is 0 Å². The highest BCUT2D eigenvalue weighted by atomic mass is 35.5. The van der Waals surface area contributed by atoms with E-state index in [1.165, 1.54) is 35.5 Å². The minimum Gasteiger partial charge on any atom is -0.369 e. The van der Waals surface area contributed by atoms with Crippen LogP contribution in [0.4, 0.5) is 20.6 Å². The number of nitrogens with zero attached hydrogens (tertiary/aromatic N) is 2. The van der Waals surface area contributed by atoms with E-state index in [1.807, 2.05) is 12.1 Å². The first-order valence-corrected chi connectivity index (χ1v) is 9.43. The fraction of sp³-hybridized carbons (Fsp3) is 0.350. The fourth-order valence-electron chi connectivity index (χ4n) is 3.22. The molecule has 2 aromatic carbocycles. The Balaban J connectivity index is 1.38. The molecule has 1 saturated heterocycles. The summed E-state index contributed by atoms with van der Waals surface area (Å²) in [6.45, 7) is 7.23. The Hall–Kier alpha value is -2.31. The third kappa shape index (κ3) is 5.58. The van der Waals surface area contributed by atoms with Crippen LogP contribution in [-0.4, -0.2) is 50.2 Å². The van der Waals surface area contributed by atoms with Crippen LogP contribution in [0.5, 0.6) is 0 Å². The van der Waals surface area contributed by atoms with Gasteiger partial charge in [-0.3, -0.25) is 4.90 Å². The summed E-state index contributed by atoms with van der Waals surface area (Å²) in [5, 5.41) is 6.29. The van der Waals surface area contributed by atoms with Gasteiger partial charge in [0.25, 0.3) is 0 Å². The van der Waals surface area contributed by atoms with Gasteiger partial charge in [0.2, 0.25) is 0 Å². The SMILES string of the molecule is Cc1cc(Cl)ccc1N1CCN(CCNC(=O)Nc2ccc(F)cc2)CC1. The molecule has 0 unspecified atom stereocenters. The van der Waals surface area contributed by atoms with E-state index in [0.717, 1.165) is 37.7 Å². The van der Waals surface area contributed by atoms with Crippen molar-refractivity contribution >= 4 is 29.0 Å². The summed E-state index contributed by atoms with van der Waals surface area (Å²) < 4.78 is 12.9. The zero-order valence-electron chi connectivity index (χ0n) is 15.3. The largest absolute Gasteiger partial charge is 0.369 e. The highest BCUT2D eigenvalue weighted by Crippen LogP contribution is 2.24. The Kier molecular flexibility index (Phi) is 6.53. The summed E-state index contributed by atoms with van der Waals surface area (Å²) in [7, 11) is 0. The summed E-state index contributed by atoms with van der Waals surface area (Å²) in [6, 6.07) is 11.4. The van der Waals surface area contributed by atoms with Crippen LogP contribution in [-0.2, 0) is 0 Å². The summed E-state index contributed by atoms with van der Waals surface area (Å²) in [5.41, 5.74) is 2.99. The van der Waals surface area contributed by atoms with E-state index in [4.69, 9.17) is 11.6 Å². The van der Waals surface area contributed by atoms with Crippen molar-refractivity contribution in [1.82, 2.24) is 10.2 Å². The molecular weight excluding hydrogens is 367 g/mol. The maximum absolute atomic E-state index is 12.9. The average Bonchev–Trinajstić information content (AvgIpc) is 2.64. The fourth-order valence-corrected chi connectivity index (χ4v) is 3.45. The molecule has 1 aliphatic rings. The molecule has 2 N–H and O–H groups in total. The predicted octanol–water partition coefficient (Wildman–Crippen LogP) is 3.73. The molecular formula is C20H24ClFN4O. The molecule has 144 valence electrons. The number of nitrogens with one attached hydrogen (secondary N) is 2. The quantitative estimate of drug-likeness (QED) is 0.817. The van der Waals surface area contributed by atoms with Gasteiger partial charge in [-0.1, -0.05) is 11.6 Å². The van der Waals surface area contributed by atoms with Crippen molar-refractivity contribution in [2.24, 2.45) is 0 Å². The van der Waals surface area contributed by atoms with E-state index in [1.54, 1.807) is 0 Å². The summed E-state index contributed by atoms with van der Waals surface area (Å²) in [6.07, 6.45) is 0. The normalized spacial score (nSPS) is 14.9. The van der Waals surface area contributed by atoms with E-state index in [-0.39, 0.29) is 11.8 Å². The van der Waals surface area contributed by atoms with Crippen molar-refractivity contribution < 1.29 is 9.18 Å². The first-order valence-electron chi connectivity index (χ1n) is 9.05. The highest BCUT2D eigenvalue weighted by molar-refractivity contribution is 6.30. The van der Waals surface area contributed by atoms with Crippen molar-refractivity contribution in [2.75, 3.05) is 49.5 Å². The Morgan fingerprint density at radius 2 is 1.81 bits per heavy atom. The number of amides is 2. The molecule has 0 atom stereocenters. The molecule has 27 heavy (non-hydrogen) atoms. The van der Waals surface area contributed by atoms with Gasteiger partial charge in [-0.25, -0.2) is 9.18 Å². The van der Waals surface area contributed by atoms with E-state index in [0.29, 0.717) is 12.2 Å². The number of anilines is 2. The van der Waals surface area contributed by atoms with Crippen molar-refractivity contribution in [3.05, 3.63) is 58.9 Å². The molecule has 2 amide bonds. The van der Waals surface area contributed by atoms with E-state index in [9.17, 15) is 9.18 Å². The second-order valence-electron chi connectivity index (χ2n) is 6.65. The molecule has 7 heteroatoms. The number of hydrogen-bond acceptors (Lipinski definition) is 3. The molecule has 0 aromatic heterocycles. The van der Waals surface area contributed by atoms with Crippen molar-refractivity contribution in [3.63, 3.8) is 0 Å². The van der Waals surface area contributed by atoms with Crippen LogP contribution in [0, 0.1) is 12.7 Å². The highest BCUT2D eigenvalue weighted by Gasteiger charge is 2.18. The van der Waals surface area contributed by atoms with Crippen LogP contribution in [0.3, 0.4) is 0 Å². The minimum absolute atomic E-state index is 0.281. The molecule has 5 nitrogen and oxygen atoms in total. The van der Waals surface area contributed by atoms with Crippen LogP contribution in [0.25, 0.3) is 0 Å². The maximum atomic E-state index is 12.9. The lowest BCUT2D eigenvalue weighted by molar-refractivity contribution is 0.240. The van der Waals surface area contributed by atoms with Crippen LogP contribution < -0.4 is 15.5 Å². The topological polar surface area (TPSA) is 47.6 Å². The van der Waals surface area contributed by atoms with Gasteiger partial charge in [0.1, 0.15) is 5.82 Å². The Morgan fingerprint density at radius 1 is 1.11 bits per heavy atom. The Labute approximate surface area is 164 Å². The zero-order chi connectivity index (χ0) is 19.2. The monoisotopic (exact) mass is 390 g/mol. The zero-order valence-corrected chi connectivity index (χ0v) is 16.1. The number of halogens is 2. The second-order valence-corrected chi connectivity index (χ2v) is 7.08. The summed E-state index contributed by atoms with van der Waals surface area (Å²) >= 11 is 6.04. The van der Waals surface area contributed by atoms with E-state index < -0.39 is 0 Å². The van der Waals surface area contributed by atoms with E-state index in [2.05, 4.69) is 33.4 Å². The number of carbonyl (C=O) groups is 1. The first-order chi connectivity index (χ1) is 13.0. The Morgan fingerprint density at radius 3 is 2.48 bits per heavy atom. The van der Waals surface area contributed by atoms with Crippen molar-refractivity contribution in [1.29, 1.82) is 0 Å². The predicted molar refractivity (Wildman–Crippen MR) is 108 cm³/mol. The number of rotatable bonds is 5. The standard InChI is InChI=1S/C20H24ClFN4O/c1-15-14-16(21)2-7-19(15)26-12-10-25(11-13-26)9-8-23-20(27)24-18-5-3-17(22)4-6-18/h2-7,14H,8-13H2,1H3,(H2,23,24,27). The van der Waals surface area contributed by atoms with Gasteiger partial charge in [-0.05, 0) is 55.0 Å². The molecule has 1 aliphatic heterocycles. The first kappa shape index (κ1) is 19.5. The number of piperazine rings is 1. The second kappa shape index (κ2) is 9.06. The lowest BCUT2D eigenvalue weighted by Gasteiger charge is -2.36. The van der Waals surface area contributed by atoms with Crippen LogP contribution in [0.2, 0.25) is 5.02 Å². The van der Waals surface area contributed by atoms with Crippen LogP contribution in [0.15, 0.2) is 42.5 Å². The average molecular weight is 391 g/mol. The molecule has 0 aliphatic carbocycles. The van der Waals surface area contributed by atoms with Gasteiger partial charge >= 0.3 is 6.03 Å². The third-order valence-electron chi connectivity index (χ3n) is 4.69. The molecule has 0 saturated carbocycles. The summed E-state index contributed by atoms with van der Waals surface area (Å²) in [5.74, 6) is -0.325. The van der Waals surface area contributed by atoms with Gasteiger partial charge in [0.05, 0.1) is 0 Å². The number of benzene rings is 2.